The number of ether oxygens (including phenoxy) is 1. The van der Waals surface area contributed by atoms with E-state index in [9.17, 15) is 4.79 Å². The lowest BCUT2D eigenvalue weighted by atomic mass is 10.1. The Bertz CT molecular complexity index is 569. The van der Waals surface area contributed by atoms with E-state index in [1.54, 1.807) is 9.80 Å². The van der Waals surface area contributed by atoms with E-state index in [-0.39, 0.29) is 5.91 Å². The van der Waals surface area contributed by atoms with Crippen LogP contribution < -0.4 is 4.74 Å². The first-order valence-corrected chi connectivity index (χ1v) is 7.04. The zero-order valence-corrected chi connectivity index (χ0v) is 12.7. The number of thiocarbonyl (C=S) groups is 1. The van der Waals surface area contributed by atoms with Crippen molar-refractivity contribution in [3.63, 3.8) is 0 Å². The first-order chi connectivity index (χ1) is 9.60. The molecule has 1 aromatic rings. The van der Waals surface area contributed by atoms with Gasteiger partial charge in [0.25, 0.3) is 5.91 Å². The molecule has 0 bridgehead atoms. The fourth-order valence-corrected chi connectivity index (χ4v) is 2.43. The summed E-state index contributed by atoms with van der Waals surface area (Å²) >= 11 is 5.28. The van der Waals surface area contributed by atoms with Crippen LogP contribution in [0.5, 0.6) is 5.75 Å². The first kappa shape index (κ1) is 14.5. The Labute approximate surface area is 124 Å². The summed E-state index contributed by atoms with van der Waals surface area (Å²) in [7, 11) is 1.81. The van der Waals surface area contributed by atoms with Gasteiger partial charge < -0.3 is 9.64 Å². The van der Waals surface area contributed by atoms with Crippen molar-refractivity contribution in [1.82, 2.24) is 9.80 Å². The lowest BCUT2D eigenvalue weighted by molar-refractivity contribution is -0.122. The summed E-state index contributed by atoms with van der Waals surface area (Å²) in [5.74, 6) is 0.705. The fourth-order valence-electron chi connectivity index (χ4n) is 2.12. The molecule has 1 aliphatic rings. The van der Waals surface area contributed by atoms with Gasteiger partial charge in [0.15, 0.2) is 5.11 Å². The van der Waals surface area contributed by atoms with Crippen molar-refractivity contribution in [3.8, 4) is 5.75 Å². The van der Waals surface area contributed by atoms with Crippen LogP contribution in [0.2, 0.25) is 0 Å². The summed E-state index contributed by atoms with van der Waals surface area (Å²) in [6, 6.07) is 7.66. The molecule has 1 aromatic carbocycles. The van der Waals surface area contributed by atoms with Crippen LogP contribution in [-0.2, 0) is 4.79 Å². The molecule has 106 valence electrons. The standard InChI is InChI=1S/C15H18N2O2S/c1-4-17-14(18)12(16(3)15(17)20)10-11-8-6-7-9-13(11)19-5-2/h6-10H,4-5H2,1-3H3/b12-10+. The van der Waals surface area contributed by atoms with E-state index in [0.717, 1.165) is 11.3 Å². The molecule has 0 aromatic heterocycles. The van der Waals surface area contributed by atoms with E-state index in [4.69, 9.17) is 17.0 Å². The lowest BCUT2D eigenvalue weighted by Crippen LogP contribution is -2.30. The van der Waals surface area contributed by atoms with Crippen LogP contribution in [-0.4, -0.2) is 41.0 Å². The van der Waals surface area contributed by atoms with E-state index in [2.05, 4.69) is 0 Å². The molecule has 1 saturated heterocycles. The zero-order valence-electron chi connectivity index (χ0n) is 11.9. The van der Waals surface area contributed by atoms with Gasteiger partial charge in [-0.2, -0.15) is 0 Å². The summed E-state index contributed by atoms with van der Waals surface area (Å²) in [5.41, 5.74) is 1.45. The maximum Gasteiger partial charge on any atom is 0.276 e. The average molecular weight is 290 g/mol. The number of benzene rings is 1. The van der Waals surface area contributed by atoms with Gasteiger partial charge in [0.1, 0.15) is 11.4 Å². The third-order valence-electron chi connectivity index (χ3n) is 3.17. The second kappa shape index (κ2) is 6.05. The number of likely N-dealkylation sites (N-methyl/N-ethyl adjacent to an activating group) is 2. The molecule has 20 heavy (non-hydrogen) atoms. The van der Waals surface area contributed by atoms with Crippen molar-refractivity contribution in [3.05, 3.63) is 35.5 Å². The van der Waals surface area contributed by atoms with Crippen molar-refractivity contribution in [2.75, 3.05) is 20.2 Å². The third kappa shape index (κ3) is 2.54. The van der Waals surface area contributed by atoms with Crippen LogP contribution in [0.4, 0.5) is 0 Å². The Hall–Kier alpha value is -1.88. The molecule has 1 fully saturated rings. The minimum Gasteiger partial charge on any atom is -0.493 e. The van der Waals surface area contributed by atoms with Gasteiger partial charge in [0, 0.05) is 19.2 Å². The van der Waals surface area contributed by atoms with Crippen LogP contribution in [0, 0.1) is 0 Å². The smallest absolute Gasteiger partial charge is 0.276 e. The molecule has 0 unspecified atom stereocenters. The van der Waals surface area contributed by atoms with E-state index >= 15 is 0 Å². The third-order valence-corrected chi connectivity index (χ3v) is 3.67. The predicted octanol–water partition coefficient (Wildman–Crippen LogP) is 2.51. The van der Waals surface area contributed by atoms with Crippen LogP contribution in [0.15, 0.2) is 30.0 Å². The molecular weight excluding hydrogens is 272 g/mol. The van der Waals surface area contributed by atoms with Gasteiger partial charge in [-0.25, -0.2) is 0 Å². The molecule has 4 nitrogen and oxygen atoms in total. The highest BCUT2D eigenvalue weighted by Gasteiger charge is 2.34. The minimum absolute atomic E-state index is 0.0636. The summed E-state index contributed by atoms with van der Waals surface area (Å²) in [6.45, 7) is 5.01. The quantitative estimate of drug-likeness (QED) is 0.630. The summed E-state index contributed by atoms with van der Waals surface area (Å²) in [5, 5.41) is 0.539. The number of hydrogen-bond donors (Lipinski definition) is 0. The van der Waals surface area contributed by atoms with Gasteiger partial charge in [0.05, 0.1) is 6.61 Å². The number of amides is 1. The highest BCUT2D eigenvalue weighted by Crippen LogP contribution is 2.26. The molecule has 0 radical (unpaired) electrons. The number of carbonyl (C=O) groups is 1. The highest BCUT2D eigenvalue weighted by atomic mass is 32.1. The molecule has 0 aliphatic carbocycles. The SMILES string of the molecule is CCOc1ccccc1/C=C1\C(=O)N(CC)C(=S)N1C. The van der Waals surface area contributed by atoms with Crippen molar-refractivity contribution in [2.24, 2.45) is 0 Å². The molecule has 1 aliphatic heterocycles. The van der Waals surface area contributed by atoms with Gasteiger partial charge in [-0.3, -0.25) is 9.69 Å². The average Bonchev–Trinajstić information content (AvgIpc) is 2.65. The topological polar surface area (TPSA) is 32.8 Å². The number of hydrogen-bond acceptors (Lipinski definition) is 3. The summed E-state index contributed by atoms with van der Waals surface area (Å²) in [4.78, 5) is 15.6. The molecule has 0 saturated carbocycles. The van der Waals surface area contributed by atoms with Crippen molar-refractivity contribution >= 4 is 29.3 Å². The van der Waals surface area contributed by atoms with E-state index < -0.39 is 0 Å². The van der Waals surface area contributed by atoms with Crippen LogP contribution in [0.25, 0.3) is 6.08 Å². The normalized spacial score (nSPS) is 17.2. The lowest BCUT2D eigenvalue weighted by Gasteiger charge is -2.13. The van der Waals surface area contributed by atoms with Gasteiger partial charge in [-0.1, -0.05) is 18.2 Å². The van der Waals surface area contributed by atoms with Crippen molar-refractivity contribution < 1.29 is 9.53 Å². The van der Waals surface area contributed by atoms with Gasteiger partial charge >= 0.3 is 0 Å². The van der Waals surface area contributed by atoms with Gasteiger partial charge in [0.2, 0.25) is 0 Å². The number of carbonyl (C=O) groups excluding carboxylic acids is 1. The maximum atomic E-state index is 12.3. The Morgan fingerprint density at radius 2 is 2.00 bits per heavy atom. The Balaban J connectivity index is 2.41. The van der Waals surface area contributed by atoms with Gasteiger partial charge in [-0.05, 0) is 38.2 Å². The molecule has 0 atom stereocenters. The monoisotopic (exact) mass is 290 g/mol. The molecule has 1 amide bonds. The predicted molar refractivity (Wildman–Crippen MR) is 83.3 cm³/mol. The second-order valence-electron chi connectivity index (χ2n) is 4.39. The van der Waals surface area contributed by atoms with Crippen molar-refractivity contribution in [1.29, 1.82) is 0 Å². The minimum atomic E-state index is -0.0636. The molecule has 0 N–H and O–H groups in total. The fraction of sp³-hybridized carbons (Fsp3) is 0.333. The zero-order chi connectivity index (χ0) is 14.7. The maximum absolute atomic E-state index is 12.3. The molecule has 0 spiro atoms. The van der Waals surface area contributed by atoms with Crippen LogP contribution >= 0.6 is 12.2 Å². The molecule has 1 heterocycles. The summed E-state index contributed by atoms with van der Waals surface area (Å²) in [6.07, 6.45) is 1.83. The largest absolute Gasteiger partial charge is 0.493 e. The van der Waals surface area contributed by atoms with Crippen LogP contribution in [0.3, 0.4) is 0 Å². The Morgan fingerprint density at radius 3 is 2.60 bits per heavy atom. The molecule has 2 rings (SSSR count). The number of rotatable bonds is 4. The van der Waals surface area contributed by atoms with Gasteiger partial charge in [-0.15, -0.1) is 0 Å². The second-order valence-corrected chi connectivity index (χ2v) is 4.76. The Kier molecular flexibility index (Phi) is 4.39. The highest BCUT2D eigenvalue weighted by molar-refractivity contribution is 7.80. The van der Waals surface area contributed by atoms with Crippen molar-refractivity contribution in [2.45, 2.75) is 13.8 Å². The first-order valence-electron chi connectivity index (χ1n) is 6.63. The van der Waals surface area contributed by atoms with Crippen LogP contribution in [0.1, 0.15) is 19.4 Å². The molecular formula is C15H18N2O2S. The van der Waals surface area contributed by atoms with E-state index in [1.807, 2.05) is 51.2 Å². The Morgan fingerprint density at radius 1 is 1.30 bits per heavy atom. The summed E-state index contributed by atoms with van der Waals surface area (Å²) < 4.78 is 5.58. The number of nitrogens with zero attached hydrogens (tertiary/aromatic N) is 2. The van der Waals surface area contributed by atoms with E-state index in [0.29, 0.717) is 24.0 Å². The number of para-hydroxylation sites is 1. The van der Waals surface area contributed by atoms with E-state index in [1.165, 1.54) is 0 Å². The molecule has 5 heteroatoms.